The molecule has 0 saturated heterocycles. The molecule has 0 atom stereocenters. The summed E-state index contributed by atoms with van der Waals surface area (Å²) in [6.45, 7) is 0.704. The number of likely N-dealkylation sites (N-methyl/N-ethyl adjacent to an activating group) is 1. The third-order valence-corrected chi connectivity index (χ3v) is 3.99. The summed E-state index contributed by atoms with van der Waals surface area (Å²) in [5, 5.41) is 3.05. The van der Waals surface area contributed by atoms with Gasteiger partial charge in [0.05, 0.1) is 12.1 Å². The lowest BCUT2D eigenvalue weighted by Gasteiger charge is -2.17. The Morgan fingerprint density at radius 3 is 2.52 bits per heavy atom. The Morgan fingerprint density at radius 1 is 1.15 bits per heavy atom. The second kappa shape index (κ2) is 9.87. The summed E-state index contributed by atoms with van der Waals surface area (Å²) in [5.74, 6) is -1.96. The second-order valence-electron chi connectivity index (χ2n) is 5.75. The normalized spacial score (nSPS) is 10.4. The molecule has 8 heteroatoms. The van der Waals surface area contributed by atoms with Crippen molar-refractivity contribution in [1.29, 1.82) is 0 Å². The van der Waals surface area contributed by atoms with Gasteiger partial charge in [0.1, 0.15) is 24.0 Å². The summed E-state index contributed by atoms with van der Waals surface area (Å²) < 4.78 is 31.9. The first-order chi connectivity index (χ1) is 12.9. The molecule has 0 aromatic heterocycles. The molecule has 0 saturated carbocycles. The van der Waals surface area contributed by atoms with E-state index in [2.05, 4.69) is 5.32 Å². The van der Waals surface area contributed by atoms with Gasteiger partial charge >= 0.3 is 0 Å². The topological polar surface area (TPSA) is 58.6 Å². The van der Waals surface area contributed by atoms with Crippen molar-refractivity contribution in [2.45, 2.75) is 6.42 Å². The molecular formula is C19H19ClF2N2O3. The van der Waals surface area contributed by atoms with Gasteiger partial charge in [-0.2, -0.15) is 0 Å². The molecule has 2 aromatic carbocycles. The van der Waals surface area contributed by atoms with Gasteiger partial charge in [0.2, 0.25) is 5.91 Å². The first-order valence-electron chi connectivity index (χ1n) is 8.22. The van der Waals surface area contributed by atoms with Crippen LogP contribution in [0.1, 0.15) is 16.8 Å². The number of amides is 2. The van der Waals surface area contributed by atoms with Crippen molar-refractivity contribution < 1.29 is 23.1 Å². The molecule has 2 rings (SSSR count). The number of carbonyl (C=O) groups is 2. The molecule has 5 nitrogen and oxygen atoms in total. The Morgan fingerprint density at radius 2 is 1.85 bits per heavy atom. The van der Waals surface area contributed by atoms with Crippen LogP contribution in [0.15, 0.2) is 42.5 Å². The predicted octanol–water partition coefficient (Wildman–Crippen LogP) is 3.28. The van der Waals surface area contributed by atoms with E-state index in [0.29, 0.717) is 30.0 Å². The Hall–Kier alpha value is -2.67. The van der Waals surface area contributed by atoms with Crippen molar-refractivity contribution in [1.82, 2.24) is 10.2 Å². The highest BCUT2D eigenvalue weighted by Gasteiger charge is 2.14. The first-order valence-corrected chi connectivity index (χ1v) is 8.60. The van der Waals surface area contributed by atoms with Crippen LogP contribution in [0.4, 0.5) is 8.78 Å². The largest absolute Gasteiger partial charge is 0.492 e. The number of rotatable bonds is 8. The molecule has 0 aliphatic heterocycles. The summed E-state index contributed by atoms with van der Waals surface area (Å²) in [6, 6.07) is 9.56. The molecular weight excluding hydrogens is 378 g/mol. The van der Waals surface area contributed by atoms with E-state index in [9.17, 15) is 18.4 Å². The lowest BCUT2D eigenvalue weighted by Crippen LogP contribution is -2.34. The minimum Gasteiger partial charge on any atom is -0.492 e. The molecule has 0 bridgehead atoms. The summed E-state index contributed by atoms with van der Waals surface area (Å²) in [5.41, 5.74) is -0.270. The Bertz CT molecular complexity index is 800. The average Bonchev–Trinajstić information content (AvgIpc) is 2.63. The number of ether oxygens (including phenoxy) is 1. The van der Waals surface area contributed by atoms with Crippen LogP contribution in [0.25, 0.3) is 0 Å². The fourth-order valence-electron chi connectivity index (χ4n) is 2.20. The molecule has 0 unspecified atom stereocenters. The monoisotopic (exact) mass is 396 g/mol. The highest BCUT2D eigenvalue weighted by molar-refractivity contribution is 6.30. The molecule has 0 radical (unpaired) electrons. The van der Waals surface area contributed by atoms with Crippen LogP contribution in [0, 0.1) is 11.6 Å². The quantitative estimate of drug-likeness (QED) is 0.745. The Kier molecular flexibility index (Phi) is 7.55. The van der Waals surface area contributed by atoms with E-state index in [-0.39, 0.29) is 24.4 Å². The van der Waals surface area contributed by atoms with Gasteiger partial charge in [0.25, 0.3) is 5.91 Å². The van der Waals surface area contributed by atoms with Crippen LogP contribution in [0.2, 0.25) is 5.02 Å². The molecule has 1 N–H and O–H groups in total. The number of hydrogen-bond donors (Lipinski definition) is 1. The highest BCUT2D eigenvalue weighted by Crippen LogP contribution is 2.15. The van der Waals surface area contributed by atoms with Gasteiger partial charge in [-0.05, 0) is 36.4 Å². The minimum absolute atomic E-state index is 0.0386. The van der Waals surface area contributed by atoms with Gasteiger partial charge in [-0.3, -0.25) is 9.59 Å². The van der Waals surface area contributed by atoms with Crippen LogP contribution < -0.4 is 10.1 Å². The van der Waals surface area contributed by atoms with Crippen molar-refractivity contribution in [3.63, 3.8) is 0 Å². The highest BCUT2D eigenvalue weighted by atomic mass is 35.5. The summed E-state index contributed by atoms with van der Waals surface area (Å²) >= 11 is 5.79. The minimum atomic E-state index is -0.949. The molecule has 2 aromatic rings. The average molecular weight is 397 g/mol. The summed E-state index contributed by atoms with van der Waals surface area (Å²) in [7, 11) is 1.62. The zero-order valence-corrected chi connectivity index (χ0v) is 15.4. The van der Waals surface area contributed by atoms with E-state index in [1.54, 1.807) is 31.3 Å². The van der Waals surface area contributed by atoms with Crippen LogP contribution in [0.5, 0.6) is 5.75 Å². The van der Waals surface area contributed by atoms with Gasteiger partial charge in [0.15, 0.2) is 0 Å². The van der Waals surface area contributed by atoms with Gasteiger partial charge in [-0.1, -0.05) is 11.6 Å². The molecule has 0 spiro atoms. The maximum absolute atomic E-state index is 13.5. The number of halogens is 3. The van der Waals surface area contributed by atoms with Crippen molar-refractivity contribution in [2.24, 2.45) is 0 Å². The van der Waals surface area contributed by atoms with Crippen LogP contribution in [0.3, 0.4) is 0 Å². The lowest BCUT2D eigenvalue weighted by atomic mass is 10.2. The molecule has 0 aliphatic rings. The zero-order valence-electron chi connectivity index (χ0n) is 14.7. The molecule has 0 fully saturated rings. The van der Waals surface area contributed by atoms with E-state index in [1.807, 2.05) is 0 Å². The Balaban J connectivity index is 1.69. The van der Waals surface area contributed by atoms with Gasteiger partial charge in [0, 0.05) is 31.1 Å². The molecule has 0 heterocycles. The van der Waals surface area contributed by atoms with Crippen molar-refractivity contribution in [3.8, 4) is 5.75 Å². The van der Waals surface area contributed by atoms with E-state index < -0.39 is 17.5 Å². The third kappa shape index (κ3) is 6.53. The van der Waals surface area contributed by atoms with E-state index in [0.717, 1.165) is 12.1 Å². The number of carbonyl (C=O) groups excluding carboxylic acids is 2. The van der Waals surface area contributed by atoms with Crippen LogP contribution in [-0.4, -0.2) is 43.5 Å². The maximum atomic E-state index is 13.5. The number of benzene rings is 2. The first kappa shape index (κ1) is 20.6. The van der Waals surface area contributed by atoms with E-state index in [1.165, 1.54) is 4.90 Å². The molecule has 2 amide bonds. The standard InChI is InChI=1S/C19H19ClF2N2O3/c1-24(10-11-27-15-5-2-13(20)3-6-15)18(25)8-9-23-19(26)16-7-4-14(21)12-17(16)22/h2-7,12H,8-11H2,1H3,(H,23,26). The zero-order chi connectivity index (χ0) is 19.8. The summed E-state index contributed by atoms with van der Waals surface area (Å²) in [4.78, 5) is 25.4. The van der Waals surface area contributed by atoms with Gasteiger partial charge < -0.3 is 15.0 Å². The van der Waals surface area contributed by atoms with Crippen molar-refractivity contribution in [2.75, 3.05) is 26.7 Å². The van der Waals surface area contributed by atoms with Gasteiger partial charge in [-0.25, -0.2) is 8.78 Å². The fourth-order valence-corrected chi connectivity index (χ4v) is 2.32. The van der Waals surface area contributed by atoms with E-state index >= 15 is 0 Å². The predicted molar refractivity (Wildman–Crippen MR) is 97.9 cm³/mol. The number of nitrogens with zero attached hydrogens (tertiary/aromatic N) is 1. The molecule has 0 aliphatic carbocycles. The second-order valence-corrected chi connectivity index (χ2v) is 6.18. The fraction of sp³-hybridized carbons (Fsp3) is 0.263. The van der Waals surface area contributed by atoms with Crippen molar-refractivity contribution in [3.05, 3.63) is 64.7 Å². The molecule has 27 heavy (non-hydrogen) atoms. The summed E-state index contributed by atoms with van der Waals surface area (Å²) in [6.07, 6.45) is 0.0476. The SMILES string of the molecule is CN(CCOc1ccc(Cl)cc1)C(=O)CCNC(=O)c1ccc(F)cc1F. The van der Waals surface area contributed by atoms with Gasteiger partial charge in [-0.15, -0.1) is 0 Å². The third-order valence-electron chi connectivity index (χ3n) is 3.73. The maximum Gasteiger partial charge on any atom is 0.254 e. The number of hydrogen-bond acceptors (Lipinski definition) is 3. The smallest absolute Gasteiger partial charge is 0.254 e. The molecule has 144 valence electrons. The number of nitrogens with one attached hydrogen (secondary N) is 1. The van der Waals surface area contributed by atoms with Crippen LogP contribution in [-0.2, 0) is 4.79 Å². The Labute approximate surface area is 160 Å². The van der Waals surface area contributed by atoms with Crippen LogP contribution >= 0.6 is 11.6 Å². The lowest BCUT2D eigenvalue weighted by molar-refractivity contribution is -0.130. The van der Waals surface area contributed by atoms with Crippen molar-refractivity contribution >= 4 is 23.4 Å². The van der Waals surface area contributed by atoms with E-state index in [4.69, 9.17) is 16.3 Å².